The number of carbonyl (C=O) groups excluding carboxylic acids is 1. The molecule has 0 aliphatic carbocycles. The highest BCUT2D eigenvalue weighted by Gasteiger charge is 2.08. The lowest BCUT2D eigenvalue weighted by Crippen LogP contribution is -2.05. The summed E-state index contributed by atoms with van der Waals surface area (Å²) in [5, 5.41) is 0.508. The monoisotopic (exact) mass is 257 g/mol. The Bertz CT molecular complexity index is 836. The average molecular weight is 258 g/mol. The summed E-state index contributed by atoms with van der Waals surface area (Å²) in [5.41, 5.74) is 1.70. The Kier molecular flexibility index (Phi) is 2.42. The van der Waals surface area contributed by atoms with Crippen LogP contribution in [0.3, 0.4) is 0 Å². The molecule has 4 heteroatoms. The number of pyridine rings is 1. The highest BCUT2D eigenvalue weighted by molar-refractivity contribution is 6.67. The van der Waals surface area contributed by atoms with Gasteiger partial charge in [0.1, 0.15) is 0 Å². The lowest BCUT2D eigenvalue weighted by Gasteiger charge is -2.03. The standard InChI is InChI=1S/C14H8ClNO2/c15-14(18)8-5-6-12-10(7-8)13(17)9-3-1-2-4-11(9)16-12/h1-7H,(H,16,17). The maximum absolute atomic E-state index is 12.3. The zero-order chi connectivity index (χ0) is 12.7. The second-order valence-corrected chi connectivity index (χ2v) is 4.38. The van der Waals surface area contributed by atoms with Crippen molar-refractivity contribution in [2.75, 3.05) is 0 Å². The molecule has 0 aliphatic rings. The van der Waals surface area contributed by atoms with E-state index in [9.17, 15) is 9.59 Å². The van der Waals surface area contributed by atoms with Crippen LogP contribution >= 0.6 is 11.6 Å². The van der Waals surface area contributed by atoms with E-state index >= 15 is 0 Å². The lowest BCUT2D eigenvalue weighted by atomic mass is 10.1. The molecular weight excluding hydrogens is 250 g/mol. The molecule has 0 atom stereocenters. The van der Waals surface area contributed by atoms with Crippen molar-refractivity contribution in [1.82, 2.24) is 4.98 Å². The first-order valence-electron chi connectivity index (χ1n) is 5.41. The number of H-pyrrole nitrogens is 1. The Morgan fingerprint density at radius 1 is 1.00 bits per heavy atom. The van der Waals surface area contributed by atoms with Gasteiger partial charge in [0, 0.05) is 27.4 Å². The van der Waals surface area contributed by atoms with E-state index < -0.39 is 5.24 Å². The zero-order valence-corrected chi connectivity index (χ0v) is 9.99. The van der Waals surface area contributed by atoms with Gasteiger partial charge >= 0.3 is 0 Å². The Balaban J connectivity index is 2.49. The first-order valence-corrected chi connectivity index (χ1v) is 5.79. The van der Waals surface area contributed by atoms with Crippen molar-refractivity contribution in [3.63, 3.8) is 0 Å². The molecule has 0 bridgehead atoms. The quantitative estimate of drug-likeness (QED) is 0.538. The van der Waals surface area contributed by atoms with Crippen LogP contribution < -0.4 is 5.43 Å². The summed E-state index contributed by atoms with van der Waals surface area (Å²) < 4.78 is 0. The molecule has 0 radical (unpaired) electrons. The topological polar surface area (TPSA) is 49.9 Å². The van der Waals surface area contributed by atoms with Gasteiger partial charge in [-0.3, -0.25) is 9.59 Å². The fourth-order valence-electron chi connectivity index (χ4n) is 2.04. The van der Waals surface area contributed by atoms with Crippen molar-refractivity contribution < 1.29 is 4.79 Å². The van der Waals surface area contributed by atoms with Crippen molar-refractivity contribution >= 4 is 38.6 Å². The molecule has 0 fully saturated rings. The summed E-state index contributed by atoms with van der Waals surface area (Å²) in [6.45, 7) is 0. The smallest absolute Gasteiger partial charge is 0.252 e. The number of para-hydroxylation sites is 1. The van der Waals surface area contributed by atoms with Crippen LogP contribution in [0.5, 0.6) is 0 Å². The molecule has 3 rings (SSSR count). The van der Waals surface area contributed by atoms with Crippen LogP contribution in [0, 0.1) is 0 Å². The molecule has 0 unspecified atom stereocenters. The molecule has 88 valence electrons. The summed E-state index contributed by atoms with van der Waals surface area (Å²) in [4.78, 5) is 26.6. The van der Waals surface area contributed by atoms with E-state index in [1.54, 1.807) is 24.3 Å². The van der Waals surface area contributed by atoms with Crippen LogP contribution in [0.1, 0.15) is 10.4 Å². The summed E-state index contributed by atoms with van der Waals surface area (Å²) in [6.07, 6.45) is 0. The van der Waals surface area contributed by atoms with Gasteiger partial charge in [-0.25, -0.2) is 0 Å². The van der Waals surface area contributed by atoms with Crippen LogP contribution in [0.4, 0.5) is 0 Å². The molecule has 0 spiro atoms. The van der Waals surface area contributed by atoms with E-state index in [4.69, 9.17) is 11.6 Å². The van der Waals surface area contributed by atoms with E-state index in [1.807, 2.05) is 12.1 Å². The number of hydrogen-bond acceptors (Lipinski definition) is 2. The molecule has 3 aromatic rings. The Morgan fingerprint density at radius 2 is 1.72 bits per heavy atom. The fraction of sp³-hybridized carbons (Fsp3) is 0. The summed E-state index contributed by atoms with van der Waals surface area (Å²) >= 11 is 5.42. The van der Waals surface area contributed by atoms with Gasteiger partial charge < -0.3 is 4.98 Å². The summed E-state index contributed by atoms with van der Waals surface area (Å²) in [6, 6.07) is 12.1. The lowest BCUT2D eigenvalue weighted by molar-refractivity contribution is 0.108. The van der Waals surface area contributed by atoms with Gasteiger partial charge in [-0.2, -0.15) is 0 Å². The number of aromatic nitrogens is 1. The second kappa shape index (κ2) is 3.96. The van der Waals surface area contributed by atoms with Crippen LogP contribution in [-0.4, -0.2) is 10.2 Å². The van der Waals surface area contributed by atoms with Crippen molar-refractivity contribution in [3.05, 3.63) is 58.3 Å². The van der Waals surface area contributed by atoms with Crippen LogP contribution in [0.25, 0.3) is 21.8 Å². The number of rotatable bonds is 1. The third-order valence-electron chi connectivity index (χ3n) is 2.93. The molecule has 0 saturated carbocycles. The molecular formula is C14H8ClNO2. The Morgan fingerprint density at radius 3 is 2.50 bits per heavy atom. The Hall–Kier alpha value is -2.13. The highest BCUT2D eigenvalue weighted by atomic mass is 35.5. The van der Waals surface area contributed by atoms with Gasteiger partial charge in [-0.15, -0.1) is 0 Å². The van der Waals surface area contributed by atoms with Crippen molar-refractivity contribution in [3.8, 4) is 0 Å². The molecule has 2 aromatic carbocycles. The normalized spacial score (nSPS) is 10.9. The van der Waals surface area contributed by atoms with Crippen LogP contribution in [0.15, 0.2) is 47.3 Å². The van der Waals surface area contributed by atoms with E-state index in [0.29, 0.717) is 21.9 Å². The van der Waals surface area contributed by atoms with Gasteiger partial charge in [0.2, 0.25) is 0 Å². The fourth-order valence-corrected chi connectivity index (χ4v) is 2.16. The minimum atomic E-state index is -0.565. The van der Waals surface area contributed by atoms with Gasteiger partial charge in [0.25, 0.3) is 5.24 Å². The predicted molar refractivity (Wildman–Crippen MR) is 72.3 cm³/mol. The van der Waals surface area contributed by atoms with Crippen molar-refractivity contribution in [2.45, 2.75) is 0 Å². The number of hydrogen-bond donors (Lipinski definition) is 1. The first kappa shape index (κ1) is 11.0. The first-order chi connectivity index (χ1) is 8.66. The summed E-state index contributed by atoms with van der Waals surface area (Å²) in [7, 11) is 0. The van der Waals surface area contributed by atoms with Crippen LogP contribution in [-0.2, 0) is 0 Å². The minimum Gasteiger partial charge on any atom is -0.354 e. The molecule has 1 N–H and O–H groups in total. The molecule has 0 amide bonds. The van der Waals surface area contributed by atoms with E-state index in [-0.39, 0.29) is 5.43 Å². The molecule has 1 heterocycles. The summed E-state index contributed by atoms with van der Waals surface area (Å²) in [5.74, 6) is 0. The third kappa shape index (κ3) is 1.60. The van der Waals surface area contributed by atoms with Crippen molar-refractivity contribution in [1.29, 1.82) is 0 Å². The van der Waals surface area contributed by atoms with Crippen LogP contribution in [0.2, 0.25) is 0 Å². The number of nitrogens with one attached hydrogen (secondary N) is 1. The largest absolute Gasteiger partial charge is 0.354 e. The molecule has 18 heavy (non-hydrogen) atoms. The zero-order valence-electron chi connectivity index (χ0n) is 9.24. The SMILES string of the molecule is O=C(Cl)c1ccc2[nH]c3ccccc3c(=O)c2c1. The van der Waals surface area contributed by atoms with Gasteiger partial charge in [0.15, 0.2) is 5.43 Å². The number of carbonyl (C=O) groups is 1. The van der Waals surface area contributed by atoms with E-state index in [1.165, 1.54) is 6.07 Å². The number of halogens is 1. The van der Waals surface area contributed by atoms with E-state index in [0.717, 1.165) is 5.52 Å². The second-order valence-electron chi connectivity index (χ2n) is 4.03. The van der Waals surface area contributed by atoms with Gasteiger partial charge in [0.05, 0.1) is 0 Å². The van der Waals surface area contributed by atoms with Gasteiger partial charge in [-0.05, 0) is 41.9 Å². The van der Waals surface area contributed by atoms with Gasteiger partial charge in [-0.1, -0.05) is 12.1 Å². The molecule has 0 aliphatic heterocycles. The Labute approximate surface area is 107 Å². The highest BCUT2D eigenvalue weighted by Crippen LogP contribution is 2.16. The number of aromatic amines is 1. The molecule has 1 aromatic heterocycles. The number of benzene rings is 2. The average Bonchev–Trinajstić information content (AvgIpc) is 2.38. The minimum absolute atomic E-state index is 0.0980. The maximum Gasteiger partial charge on any atom is 0.252 e. The molecule has 3 nitrogen and oxygen atoms in total. The number of fused-ring (bicyclic) bond motifs is 2. The third-order valence-corrected chi connectivity index (χ3v) is 3.15. The van der Waals surface area contributed by atoms with E-state index in [2.05, 4.69) is 4.98 Å². The van der Waals surface area contributed by atoms with Crippen molar-refractivity contribution in [2.24, 2.45) is 0 Å². The predicted octanol–water partition coefficient (Wildman–Crippen LogP) is 3.06. The molecule has 0 saturated heterocycles. The maximum atomic E-state index is 12.3.